The molecule has 6 heteroatoms. The Bertz CT molecular complexity index is 366. The van der Waals surface area contributed by atoms with E-state index < -0.39 is 0 Å². The molecule has 19 heavy (non-hydrogen) atoms. The maximum atomic E-state index is 11.9. The molecule has 2 rings (SSSR count). The van der Waals surface area contributed by atoms with E-state index in [4.69, 9.17) is 5.53 Å². The molecule has 0 spiro atoms. The predicted octanol–water partition coefficient (Wildman–Crippen LogP) is 2.02. The molecular formula is C13H23N5O. The van der Waals surface area contributed by atoms with Crippen molar-refractivity contribution < 1.29 is 4.79 Å². The smallest absolute Gasteiger partial charge is 0.222 e. The van der Waals surface area contributed by atoms with Crippen molar-refractivity contribution in [3.63, 3.8) is 0 Å². The first-order valence-electron chi connectivity index (χ1n) is 7.23. The standard InChI is InChI=1S/C13H23N5O/c1-11-4-2-3-5-17(11)6-7-18-10-12(8-13(18)19)9-15-16-14/h11-12H,2-10H2,1H3. The average molecular weight is 265 g/mol. The number of piperidine rings is 1. The van der Waals surface area contributed by atoms with Crippen LogP contribution in [-0.4, -0.2) is 54.5 Å². The first kappa shape index (κ1) is 14.2. The minimum Gasteiger partial charge on any atom is -0.341 e. The molecule has 0 radical (unpaired) electrons. The lowest BCUT2D eigenvalue weighted by Crippen LogP contribution is -2.42. The van der Waals surface area contributed by atoms with Gasteiger partial charge < -0.3 is 4.90 Å². The normalized spacial score (nSPS) is 28.5. The highest BCUT2D eigenvalue weighted by Gasteiger charge is 2.29. The minimum absolute atomic E-state index is 0.210. The topological polar surface area (TPSA) is 72.3 Å². The van der Waals surface area contributed by atoms with E-state index in [0.717, 1.165) is 26.2 Å². The Hall–Kier alpha value is -1.26. The van der Waals surface area contributed by atoms with E-state index in [1.54, 1.807) is 0 Å². The van der Waals surface area contributed by atoms with Crippen LogP contribution in [-0.2, 0) is 4.79 Å². The molecule has 2 unspecified atom stereocenters. The Kier molecular flexibility index (Phi) is 5.05. The van der Waals surface area contributed by atoms with Crippen molar-refractivity contribution in [3.8, 4) is 0 Å². The predicted molar refractivity (Wildman–Crippen MR) is 73.6 cm³/mol. The van der Waals surface area contributed by atoms with Crippen LogP contribution >= 0.6 is 0 Å². The zero-order valence-corrected chi connectivity index (χ0v) is 11.7. The van der Waals surface area contributed by atoms with Gasteiger partial charge in [-0.15, -0.1) is 0 Å². The molecule has 0 saturated carbocycles. The number of nitrogens with zero attached hydrogens (tertiary/aromatic N) is 5. The van der Waals surface area contributed by atoms with Gasteiger partial charge in [-0.25, -0.2) is 0 Å². The summed E-state index contributed by atoms with van der Waals surface area (Å²) in [6.45, 7) is 6.41. The van der Waals surface area contributed by atoms with Crippen molar-refractivity contribution >= 4 is 5.91 Å². The van der Waals surface area contributed by atoms with Crippen LogP contribution in [0.2, 0.25) is 0 Å². The lowest BCUT2D eigenvalue weighted by Gasteiger charge is -2.34. The van der Waals surface area contributed by atoms with Crippen molar-refractivity contribution in [2.75, 3.05) is 32.7 Å². The van der Waals surface area contributed by atoms with E-state index in [-0.39, 0.29) is 11.8 Å². The van der Waals surface area contributed by atoms with Gasteiger partial charge in [-0.05, 0) is 37.8 Å². The Morgan fingerprint density at radius 3 is 3.00 bits per heavy atom. The molecule has 0 aromatic carbocycles. The molecule has 1 amide bonds. The van der Waals surface area contributed by atoms with Gasteiger partial charge >= 0.3 is 0 Å². The van der Waals surface area contributed by atoms with E-state index in [9.17, 15) is 4.79 Å². The zero-order valence-electron chi connectivity index (χ0n) is 11.7. The number of azide groups is 1. The molecule has 0 aromatic heterocycles. The van der Waals surface area contributed by atoms with Crippen LogP contribution in [0.1, 0.15) is 32.6 Å². The first-order chi connectivity index (χ1) is 9.20. The molecule has 2 heterocycles. The van der Waals surface area contributed by atoms with Gasteiger partial charge in [0, 0.05) is 43.6 Å². The molecule has 0 bridgehead atoms. The number of hydrogen-bond acceptors (Lipinski definition) is 3. The molecule has 2 aliphatic heterocycles. The van der Waals surface area contributed by atoms with Crippen LogP contribution in [0.15, 0.2) is 5.11 Å². The summed E-state index contributed by atoms with van der Waals surface area (Å²) < 4.78 is 0. The molecular weight excluding hydrogens is 242 g/mol. The summed E-state index contributed by atoms with van der Waals surface area (Å²) in [6.07, 6.45) is 4.41. The second-order valence-corrected chi connectivity index (χ2v) is 5.70. The van der Waals surface area contributed by atoms with Crippen molar-refractivity contribution in [2.45, 2.75) is 38.6 Å². The van der Waals surface area contributed by atoms with Gasteiger partial charge in [-0.3, -0.25) is 9.69 Å². The van der Waals surface area contributed by atoms with Crippen LogP contribution in [0.4, 0.5) is 0 Å². The Balaban J connectivity index is 1.76. The van der Waals surface area contributed by atoms with E-state index >= 15 is 0 Å². The number of likely N-dealkylation sites (tertiary alicyclic amines) is 2. The van der Waals surface area contributed by atoms with Gasteiger partial charge in [-0.2, -0.15) is 0 Å². The fraction of sp³-hybridized carbons (Fsp3) is 0.923. The third-order valence-corrected chi connectivity index (χ3v) is 4.30. The number of carbonyl (C=O) groups is 1. The van der Waals surface area contributed by atoms with E-state index in [0.29, 0.717) is 19.0 Å². The summed E-state index contributed by atoms with van der Waals surface area (Å²) in [5.74, 6) is 0.421. The molecule has 6 nitrogen and oxygen atoms in total. The van der Waals surface area contributed by atoms with Crippen LogP contribution in [0, 0.1) is 5.92 Å². The maximum Gasteiger partial charge on any atom is 0.222 e. The van der Waals surface area contributed by atoms with Crippen LogP contribution in [0.5, 0.6) is 0 Å². The minimum atomic E-state index is 0.210. The van der Waals surface area contributed by atoms with Gasteiger partial charge in [0.2, 0.25) is 5.91 Å². The Labute approximate surface area is 114 Å². The maximum absolute atomic E-state index is 11.9. The third kappa shape index (κ3) is 3.85. The zero-order chi connectivity index (χ0) is 13.7. The van der Waals surface area contributed by atoms with Gasteiger partial charge in [0.1, 0.15) is 0 Å². The highest BCUT2D eigenvalue weighted by Crippen LogP contribution is 2.20. The van der Waals surface area contributed by atoms with Crippen LogP contribution < -0.4 is 0 Å². The molecule has 106 valence electrons. The Morgan fingerprint density at radius 2 is 2.26 bits per heavy atom. The summed E-state index contributed by atoms with van der Waals surface area (Å²) in [5.41, 5.74) is 8.31. The average Bonchev–Trinajstić information content (AvgIpc) is 2.76. The monoisotopic (exact) mass is 265 g/mol. The summed E-state index contributed by atoms with van der Waals surface area (Å²) >= 11 is 0. The van der Waals surface area contributed by atoms with Crippen LogP contribution in [0.3, 0.4) is 0 Å². The lowest BCUT2D eigenvalue weighted by molar-refractivity contribution is -0.128. The number of rotatable bonds is 5. The molecule has 0 aromatic rings. The summed E-state index contributed by atoms with van der Waals surface area (Å²) in [7, 11) is 0. The SMILES string of the molecule is CC1CCCCN1CCN1CC(CN=[N+]=[N-])CC1=O. The fourth-order valence-corrected chi connectivity index (χ4v) is 3.08. The lowest BCUT2D eigenvalue weighted by atomic mass is 10.0. The van der Waals surface area contributed by atoms with E-state index in [1.165, 1.54) is 19.3 Å². The molecule has 2 atom stereocenters. The second kappa shape index (κ2) is 6.78. The van der Waals surface area contributed by atoms with Crippen molar-refractivity contribution in [1.82, 2.24) is 9.80 Å². The first-order valence-corrected chi connectivity index (χ1v) is 7.23. The van der Waals surface area contributed by atoms with E-state index in [1.807, 2.05) is 4.90 Å². The second-order valence-electron chi connectivity index (χ2n) is 5.70. The van der Waals surface area contributed by atoms with Crippen molar-refractivity contribution in [1.29, 1.82) is 0 Å². The van der Waals surface area contributed by atoms with Gasteiger partial charge in [0.05, 0.1) is 0 Å². The van der Waals surface area contributed by atoms with Crippen LogP contribution in [0.25, 0.3) is 10.4 Å². The summed E-state index contributed by atoms with van der Waals surface area (Å²) in [5, 5.41) is 3.58. The van der Waals surface area contributed by atoms with Gasteiger partial charge in [0.25, 0.3) is 0 Å². The molecule has 2 fully saturated rings. The van der Waals surface area contributed by atoms with Gasteiger partial charge in [0.15, 0.2) is 0 Å². The molecule has 2 saturated heterocycles. The van der Waals surface area contributed by atoms with Crippen molar-refractivity contribution in [3.05, 3.63) is 10.4 Å². The fourth-order valence-electron chi connectivity index (χ4n) is 3.08. The summed E-state index contributed by atoms with van der Waals surface area (Å²) in [4.78, 5) is 19.1. The van der Waals surface area contributed by atoms with E-state index in [2.05, 4.69) is 21.8 Å². The van der Waals surface area contributed by atoms with Gasteiger partial charge in [-0.1, -0.05) is 11.5 Å². The summed E-state index contributed by atoms with van der Waals surface area (Å²) in [6, 6.07) is 0.644. The highest BCUT2D eigenvalue weighted by atomic mass is 16.2. The number of carbonyl (C=O) groups excluding carboxylic acids is 1. The quantitative estimate of drug-likeness (QED) is 0.433. The number of hydrogen-bond donors (Lipinski definition) is 0. The number of amides is 1. The molecule has 0 N–H and O–H groups in total. The largest absolute Gasteiger partial charge is 0.341 e. The van der Waals surface area contributed by atoms with Crippen molar-refractivity contribution in [2.24, 2.45) is 11.0 Å². The molecule has 2 aliphatic rings. The third-order valence-electron chi connectivity index (χ3n) is 4.30. The highest BCUT2D eigenvalue weighted by molar-refractivity contribution is 5.78. The molecule has 0 aliphatic carbocycles. The Morgan fingerprint density at radius 1 is 1.42 bits per heavy atom.